The fourth-order valence-electron chi connectivity index (χ4n) is 4.37. The number of hydrogen-bond donors (Lipinski definition) is 2. The second kappa shape index (κ2) is 10.7. The van der Waals surface area contributed by atoms with Gasteiger partial charge in [0, 0.05) is 43.3 Å². The van der Waals surface area contributed by atoms with Crippen LogP contribution < -0.4 is 15.8 Å². The fourth-order valence-corrected chi connectivity index (χ4v) is 4.37. The zero-order valence-corrected chi connectivity index (χ0v) is 21.6. The highest BCUT2D eigenvalue weighted by molar-refractivity contribution is 6.12. The summed E-state index contributed by atoms with van der Waals surface area (Å²) < 4.78 is 7.19. The van der Waals surface area contributed by atoms with E-state index in [1.54, 1.807) is 41.3 Å². The molecule has 0 unspecified atom stereocenters. The summed E-state index contributed by atoms with van der Waals surface area (Å²) in [7, 11) is 2.03. The molecule has 0 bridgehead atoms. The van der Waals surface area contributed by atoms with Crippen molar-refractivity contribution >= 4 is 23.4 Å². The maximum absolute atomic E-state index is 13.3. The van der Waals surface area contributed by atoms with Crippen molar-refractivity contribution in [3.8, 4) is 11.4 Å². The van der Waals surface area contributed by atoms with Crippen molar-refractivity contribution in [2.24, 2.45) is 0 Å². The average molecular weight is 517 g/mol. The molecule has 0 atom stereocenters. The zero-order chi connectivity index (χ0) is 26.8. The molecule has 10 heteroatoms. The molecule has 3 N–H and O–H groups in total. The summed E-state index contributed by atoms with van der Waals surface area (Å²) in [6.45, 7) is 4.82. The van der Waals surface area contributed by atoms with Crippen LogP contribution in [0.25, 0.3) is 5.69 Å². The van der Waals surface area contributed by atoms with Gasteiger partial charge in [-0.25, -0.2) is 4.68 Å². The van der Waals surface area contributed by atoms with E-state index >= 15 is 0 Å². The number of likely N-dealkylation sites (N-methyl/N-ethyl adjacent to an activating group) is 1. The van der Waals surface area contributed by atoms with Crippen LogP contribution in [0.2, 0.25) is 0 Å². The Bertz CT molecular complexity index is 1370. The van der Waals surface area contributed by atoms with E-state index in [1.807, 2.05) is 20.0 Å². The summed E-state index contributed by atoms with van der Waals surface area (Å²) in [5.74, 6) is 0.0660. The SMILES string of the molecule is Cc1ccc(C(=O)NC2CC2)cc1-n1ncc(C(=O)c2cccc(OCC(=O)N3CCN(C)CC3)c2)c1N. The van der Waals surface area contributed by atoms with Crippen LogP contribution in [0.3, 0.4) is 0 Å². The van der Waals surface area contributed by atoms with Gasteiger partial charge in [0.25, 0.3) is 11.8 Å². The Labute approximate surface area is 221 Å². The fraction of sp³-hybridized carbons (Fsp3) is 0.357. The Kier molecular flexibility index (Phi) is 7.15. The average Bonchev–Trinajstić information content (AvgIpc) is 3.66. The number of carbonyl (C=O) groups is 3. The molecule has 2 aromatic carbocycles. The molecule has 3 aromatic rings. The molecular formula is C28H32N6O4. The molecule has 10 nitrogen and oxygen atoms in total. The number of nitrogens with one attached hydrogen (secondary N) is 1. The van der Waals surface area contributed by atoms with Gasteiger partial charge in [0.2, 0.25) is 0 Å². The van der Waals surface area contributed by atoms with Gasteiger partial charge in [-0.1, -0.05) is 18.2 Å². The number of ether oxygens (including phenoxy) is 1. The Morgan fingerprint density at radius 2 is 1.82 bits per heavy atom. The van der Waals surface area contributed by atoms with Crippen molar-refractivity contribution in [2.45, 2.75) is 25.8 Å². The zero-order valence-electron chi connectivity index (χ0n) is 21.6. The van der Waals surface area contributed by atoms with Crippen LogP contribution in [0, 0.1) is 6.92 Å². The number of aromatic nitrogens is 2. The van der Waals surface area contributed by atoms with Gasteiger partial charge in [-0.3, -0.25) is 14.4 Å². The van der Waals surface area contributed by atoms with Crippen LogP contribution >= 0.6 is 0 Å². The molecule has 5 rings (SSSR count). The molecule has 1 aliphatic carbocycles. The largest absolute Gasteiger partial charge is 0.484 e. The minimum Gasteiger partial charge on any atom is -0.484 e. The number of nitrogens with two attached hydrogens (primary N) is 1. The van der Waals surface area contributed by atoms with Crippen LogP contribution in [-0.2, 0) is 4.79 Å². The normalized spacial score (nSPS) is 15.8. The van der Waals surface area contributed by atoms with E-state index in [1.165, 1.54) is 10.9 Å². The molecule has 2 heterocycles. The second-order valence-corrected chi connectivity index (χ2v) is 9.93. The van der Waals surface area contributed by atoms with Crippen LogP contribution in [-0.4, -0.2) is 83.1 Å². The Morgan fingerprint density at radius 1 is 1.05 bits per heavy atom. The molecule has 2 amide bonds. The lowest BCUT2D eigenvalue weighted by Gasteiger charge is -2.32. The minimum absolute atomic E-state index is 0.0798. The topological polar surface area (TPSA) is 123 Å². The lowest BCUT2D eigenvalue weighted by Crippen LogP contribution is -2.48. The molecule has 2 aliphatic rings. The number of carbonyl (C=O) groups excluding carboxylic acids is 3. The molecule has 1 saturated carbocycles. The van der Waals surface area contributed by atoms with Crippen LogP contribution in [0.15, 0.2) is 48.7 Å². The van der Waals surface area contributed by atoms with Crippen molar-refractivity contribution < 1.29 is 19.1 Å². The summed E-state index contributed by atoms with van der Waals surface area (Å²) in [4.78, 5) is 42.4. The molecule has 1 aliphatic heterocycles. The monoisotopic (exact) mass is 516 g/mol. The molecule has 38 heavy (non-hydrogen) atoms. The van der Waals surface area contributed by atoms with Crippen LogP contribution in [0.1, 0.15) is 44.7 Å². The lowest BCUT2D eigenvalue weighted by atomic mass is 10.1. The Morgan fingerprint density at radius 3 is 2.55 bits per heavy atom. The van der Waals surface area contributed by atoms with Gasteiger partial charge in [-0.05, 0) is 56.6 Å². The Balaban J connectivity index is 1.30. The van der Waals surface area contributed by atoms with Gasteiger partial charge in [-0.2, -0.15) is 5.10 Å². The minimum atomic E-state index is -0.315. The van der Waals surface area contributed by atoms with E-state index in [2.05, 4.69) is 15.3 Å². The summed E-state index contributed by atoms with van der Waals surface area (Å²) in [5, 5.41) is 7.34. The van der Waals surface area contributed by atoms with E-state index in [0.717, 1.165) is 31.5 Å². The third-order valence-electron chi connectivity index (χ3n) is 6.98. The van der Waals surface area contributed by atoms with Gasteiger partial charge in [-0.15, -0.1) is 0 Å². The summed E-state index contributed by atoms with van der Waals surface area (Å²) in [5.41, 5.74) is 8.99. The van der Waals surface area contributed by atoms with Crippen molar-refractivity contribution in [3.63, 3.8) is 0 Å². The smallest absolute Gasteiger partial charge is 0.260 e. The van der Waals surface area contributed by atoms with E-state index in [0.29, 0.717) is 35.7 Å². The third-order valence-corrected chi connectivity index (χ3v) is 6.98. The maximum Gasteiger partial charge on any atom is 0.260 e. The number of amides is 2. The maximum atomic E-state index is 13.3. The van der Waals surface area contributed by atoms with E-state index in [9.17, 15) is 14.4 Å². The molecule has 198 valence electrons. The number of aryl methyl sites for hydroxylation is 1. The number of nitrogen functional groups attached to an aromatic ring is 1. The number of anilines is 1. The molecule has 0 radical (unpaired) electrons. The standard InChI is InChI=1S/C28H32N6O4/c1-18-6-7-20(28(37)31-21-8-9-21)15-24(18)34-27(29)23(16-30-34)26(36)19-4-3-5-22(14-19)38-17-25(35)33-12-10-32(2)11-13-33/h3-7,14-16,21H,8-13,17,29H2,1-2H3,(H,31,37). The highest BCUT2D eigenvalue weighted by Gasteiger charge is 2.25. The number of benzene rings is 2. The quantitative estimate of drug-likeness (QED) is 0.439. The van der Waals surface area contributed by atoms with Crippen molar-refractivity contribution in [1.82, 2.24) is 24.9 Å². The highest BCUT2D eigenvalue weighted by Crippen LogP contribution is 2.25. The number of rotatable bonds is 8. The number of nitrogens with zero attached hydrogens (tertiary/aromatic N) is 4. The third kappa shape index (κ3) is 5.55. The van der Waals surface area contributed by atoms with Crippen LogP contribution in [0.5, 0.6) is 5.75 Å². The van der Waals surface area contributed by atoms with E-state index < -0.39 is 0 Å². The molecule has 0 spiro atoms. The molecule has 1 aromatic heterocycles. The highest BCUT2D eigenvalue weighted by atomic mass is 16.5. The van der Waals surface area contributed by atoms with Crippen LogP contribution in [0.4, 0.5) is 5.82 Å². The van der Waals surface area contributed by atoms with Crippen molar-refractivity contribution in [2.75, 3.05) is 45.6 Å². The molecular weight excluding hydrogens is 484 g/mol. The first kappa shape index (κ1) is 25.5. The van der Waals surface area contributed by atoms with E-state index in [4.69, 9.17) is 10.5 Å². The van der Waals surface area contributed by atoms with Gasteiger partial charge < -0.3 is 25.6 Å². The number of ketones is 1. The number of hydrogen-bond acceptors (Lipinski definition) is 7. The summed E-state index contributed by atoms with van der Waals surface area (Å²) >= 11 is 0. The predicted molar refractivity (Wildman–Crippen MR) is 143 cm³/mol. The summed E-state index contributed by atoms with van der Waals surface area (Å²) in [6.07, 6.45) is 3.43. The summed E-state index contributed by atoms with van der Waals surface area (Å²) in [6, 6.07) is 12.3. The number of piperazine rings is 1. The second-order valence-electron chi connectivity index (χ2n) is 9.93. The first-order valence-electron chi connectivity index (χ1n) is 12.8. The van der Waals surface area contributed by atoms with Gasteiger partial charge >= 0.3 is 0 Å². The van der Waals surface area contributed by atoms with Crippen molar-refractivity contribution in [1.29, 1.82) is 0 Å². The van der Waals surface area contributed by atoms with Gasteiger partial charge in [0.15, 0.2) is 12.4 Å². The first-order chi connectivity index (χ1) is 18.3. The van der Waals surface area contributed by atoms with Gasteiger partial charge in [0.1, 0.15) is 11.6 Å². The van der Waals surface area contributed by atoms with Crippen molar-refractivity contribution in [3.05, 3.63) is 70.9 Å². The Hall–Kier alpha value is -4.18. The molecule has 2 fully saturated rings. The van der Waals surface area contributed by atoms with Gasteiger partial charge in [0.05, 0.1) is 17.4 Å². The lowest BCUT2D eigenvalue weighted by molar-refractivity contribution is -0.134. The first-order valence-corrected chi connectivity index (χ1v) is 12.8. The van der Waals surface area contributed by atoms with E-state index in [-0.39, 0.29) is 41.6 Å². The predicted octanol–water partition coefficient (Wildman–Crippen LogP) is 2.04. The molecule has 1 saturated heterocycles.